The van der Waals surface area contributed by atoms with Crippen LogP contribution in [0.1, 0.15) is 37.0 Å². The molecular formula is C35H38ClN3O4S. The molecule has 7 nitrogen and oxygen atoms in total. The van der Waals surface area contributed by atoms with Crippen molar-refractivity contribution in [3.05, 3.63) is 131 Å². The zero-order chi connectivity index (χ0) is 31.7. The number of nitrogens with one attached hydrogen (secondary N) is 1. The number of hydrogen-bond acceptors (Lipinski definition) is 4. The van der Waals surface area contributed by atoms with Crippen LogP contribution in [-0.4, -0.2) is 43.8 Å². The molecule has 0 fully saturated rings. The van der Waals surface area contributed by atoms with E-state index in [1.807, 2.05) is 56.3 Å². The number of benzene rings is 4. The largest absolute Gasteiger partial charge is 0.352 e. The Kier molecular flexibility index (Phi) is 11.2. The number of rotatable bonds is 13. The second kappa shape index (κ2) is 15.0. The Morgan fingerprint density at radius 2 is 1.43 bits per heavy atom. The fraction of sp³-hybridized carbons (Fsp3) is 0.257. The summed E-state index contributed by atoms with van der Waals surface area (Å²) < 4.78 is 29.3. The van der Waals surface area contributed by atoms with Crippen LogP contribution in [-0.2, 0) is 32.6 Å². The van der Waals surface area contributed by atoms with Crippen molar-refractivity contribution in [2.75, 3.05) is 10.8 Å². The molecule has 0 aromatic heterocycles. The van der Waals surface area contributed by atoms with Crippen molar-refractivity contribution in [3.63, 3.8) is 0 Å². The van der Waals surface area contributed by atoms with Gasteiger partial charge >= 0.3 is 0 Å². The van der Waals surface area contributed by atoms with Gasteiger partial charge in [-0.05, 0) is 61.2 Å². The molecule has 0 saturated carbocycles. The van der Waals surface area contributed by atoms with Crippen molar-refractivity contribution >= 4 is 39.1 Å². The molecule has 0 aliphatic rings. The van der Waals surface area contributed by atoms with Crippen molar-refractivity contribution in [1.29, 1.82) is 0 Å². The van der Waals surface area contributed by atoms with E-state index in [0.717, 1.165) is 9.87 Å². The van der Waals surface area contributed by atoms with Crippen LogP contribution in [0.25, 0.3) is 0 Å². The first kappa shape index (κ1) is 32.8. The van der Waals surface area contributed by atoms with E-state index in [0.29, 0.717) is 28.3 Å². The number of halogens is 1. The first-order chi connectivity index (χ1) is 21.1. The molecule has 0 spiro atoms. The minimum atomic E-state index is -4.15. The second-order valence-electron chi connectivity index (χ2n) is 10.7. The van der Waals surface area contributed by atoms with Crippen molar-refractivity contribution in [1.82, 2.24) is 10.2 Å². The maximum atomic E-state index is 14.5. The quantitative estimate of drug-likeness (QED) is 0.185. The van der Waals surface area contributed by atoms with Crippen LogP contribution in [0.5, 0.6) is 0 Å². The van der Waals surface area contributed by atoms with Crippen LogP contribution in [0.4, 0.5) is 5.69 Å². The van der Waals surface area contributed by atoms with Gasteiger partial charge in [0.1, 0.15) is 12.6 Å². The highest BCUT2D eigenvalue weighted by molar-refractivity contribution is 7.92. The zero-order valence-corrected chi connectivity index (χ0v) is 26.8. The highest BCUT2D eigenvalue weighted by Crippen LogP contribution is 2.28. The fourth-order valence-electron chi connectivity index (χ4n) is 4.88. The maximum Gasteiger partial charge on any atom is 0.264 e. The molecule has 4 aromatic rings. The summed E-state index contributed by atoms with van der Waals surface area (Å²) in [5.41, 5.74) is 2.57. The van der Waals surface area contributed by atoms with Crippen molar-refractivity contribution < 1.29 is 18.0 Å². The van der Waals surface area contributed by atoms with Crippen molar-refractivity contribution in [2.45, 2.75) is 57.1 Å². The number of carbonyl (C=O) groups is 2. The van der Waals surface area contributed by atoms with Crippen LogP contribution in [0.3, 0.4) is 0 Å². The lowest BCUT2D eigenvalue weighted by molar-refractivity contribution is -0.140. The van der Waals surface area contributed by atoms with E-state index in [1.165, 1.54) is 17.0 Å². The lowest BCUT2D eigenvalue weighted by Gasteiger charge is -2.34. The van der Waals surface area contributed by atoms with E-state index >= 15 is 0 Å². The molecule has 0 aliphatic carbocycles. The minimum absolute atomic E-state index is 0.0108. The molecule has 44 heavy (non-hydrogen) atoms. The highest BCUT2D eigenvalue weighted by Gasteiger charge is 2.35. The lowest BCUT2D eigenvalue weighted by Crippen LogP contribution is -2.54. The van der Waals surface area contributed by atoms with Crippen LogP contribution in [0, 0.1) is 6.92 Å². The van der Waals surface area contributed by atoms with Crippen LogP contribution >= 0.6 is 11.6 Å². The minimum Gasteiger partial charge on any atom is -0.352 e. The van der Waals surface area contributed by atoms with Crippen molar-refractivity contribution in [2.24, 2.45) is 0 Å². The summed E-state index contributed by atoms with van der Waals surface area (Å²) in [6, 6.07) is 30.6. The SMILES string of the molecule is CC[C@H](C)NC(=O)[C@H](Cc1ccccc1)N(Cc1ccccc1Cl)C(=O)CN(c1ccccc1C)S(=O)(=O)c1ccccc1. The summed E-state index contributed by atoms with van der Waals surface area (Å²) in [4.78, 5) is 29.9. The Morgan fingerprint density at radius 3 is 2.07 bits per heavy atom. The number of anilines is 1. The first-order valence-electron chi connectivity index (χ1n) is 14.6. The Hall–Kier alpha value is -4.14. The van der Waals surface area contributed by atoms with E-state index in [9.17, 15) is 18.0 Å². The number of hydrogen-bond donors (Lipinski definition) is 1. The average molecular weight is 632 g/mol. The molecule has 0 unspecified atom stereocenters. The van der Waals surface area contributed by atoms with Gasteiger partial charge in [-0.1, -0.05) is 103 Å². The molecule has 0 radical (unpaired) electrons. The van der Waals surface area contributed by atoms with Gasteiger partial charge in [-0.3, -0.25) is 13.9 Å². The molecule has 0 bridgehead atoms. The molecule has 0 aliphatic heterocycles. The molecule has 0 heterocycles. The molecule has 1 N–H and O–H groups in total. The Labute approximate surface area is 265 Å². The van der Waals surface area contributed by atoms with Gasteiger partial charge in [-0.25, -0.2) is 8.42 Å². The van der Waals surface area contributed by atoms with E-state index in [1.54, 1.807) is 61.5 Å². The van der Waals surface area contributed by atoms with Gasteiger partial charge in [0.25, 0.3) is 10.0 Å². The average Bonchev–Trinajstić information content (AvgIpc) is 3.03. The smallest absolute Gasteiger partial charge is 0.264 e. The molecule has 2 amide bonds. The van der Waals surface area contributed by atoms with Gasteiger partial charge in [-0.2, -0.15) is 0 Å². The summed E-state index contributed by atoms with van der Waals surface area (Å²) in [6.07, 6.45) is 0.938. The van der Waals surface area contributed by atoms with Gasteiger partial charge < -0.3 is 10.2 Å². The van der Waals surface area contributed by atoms with Gasteiger partial charge in [0.05, 0.1) is 10.6 Å². The number of aryl methyl sites for hydroxylation is 1. The number of nitrogens with zero attached hydrogens (tertiary/aromatic N) is 2. The third kappa shape index (κ3) is 8.07. The predicted octanol–water partition coefficient (Wildman–Crippen LogP) is 6.40. The third-order valence-electron chi connectivity index (χ3n) is 7.56. The molecule has 2 atom stereocenters. The summed E-state index contributed by atoms with van der Waals surface area (Å²) in [7, 11) is -4.15. The van der Waals surface area contributed by atoms with Crippen LogP contribution in [0.15, 0.2) is 114 Å². The zero-order valence-electron chi connectivity index (χ0n) is 25.2. The topological polar surface area (TPSA) is 86.8 Å². The van der Waals surface area contributed by atoms with Crippen LogP contribution in [0.2, 0.25) is 5.02 Å². The molecule has 4 rings (SSSR count). The maximum absolute atomic E-state index is 14.5. The second-order valence-corrected chi connectivity index (χ2v) is 13.0. The summed E-state index contributed by atoms with van der Waals surface area (Å²) in [6.45, 7) is 5.17. The number of para-hydroxylation sites is 1. The predicted molar refractivity (Wildman–Crippen MR) is 176 cm³/mol. The molecule has 0 saturated heterocycles. The number of carbonyl (C=O) groups excluding carboxylic acids is 2. The summed E-state index contributed by atoms with van der Waals surface area (Å²) in [5.74, 6) is -0.857. The third-order valence-corrected chi connectivity index (χ3v) is 9.71. The van der Waals surface area contributed by atoms with Gasteiger partial charge in [0, 0.05) is 24.0 Å². The van der Waals surface area contributed by atoms with E-state index in [2.05, 4.69) is 5.32 Å². The summed E-state index contributed by atoms with van der Waals surface area (Å²) >= 11 is 6.55. The van der Waals surface area contributed by atoms with E-state index in [-0.39, 0.29) is 29.8 Å². The van der Waals surface area contributed by atoms with Gasteiger partial charge in [0.15, 0.2) is 0 Å². The fourth-order valence-corrected chi connectivity index (χ4v) is 6.58. The van der Waals surface area contributed by atoms with Crippen molar-refractivity contribution in [3.8, 4) is 0 Å². The number of amides is 2. The normalized spacial score (nSPS) is 12.6. The Bertz CT molecular complexity index is 1670. The Balaban J connectivity index is 1.82. The van der Waals surface area contributed by atoms with Gasteiger partial charge in [0.2, 0.25) is 11.8 Å². The van der Waals surface area contributed by atoms with E-state index in [4.69, 9.17) is 11.6 Å². The molecule has 230 valence electrons. The first-order valence-corrected chi connectivity index (χ1v) is 16.4. The molecule has 4 aromatic carbocycles. The highest BCUT2D eigenvalue weighted by atomic mass is 35.5. The van der Waals surface area contributed by atoms with E-state index < -0.39 is 28.5 Å². The van der Waals surface area contributed by atoms with Gasteiger partial charge in [-0.15, -0.1) is 0 Å². The lowest BCUT2D eigenvalue weighted by atomic mass is 10.0. The molecule has 9 heteroatoms. The standard InChI is InChI=1S/C35H38ClN3O4S/c1-4-27(3)37-35(41)33(23-28-16-7-5-8-17-28)38(24-29-18-12-13-21-31(29)36)34(40)25-39(32-22-14-11-15-26(32)2)44(42,43)30-19-9-6-10-20-30/h5-22,27,33H,4,23-25H2,1-3H3,(H,37,41)/t27-,33-/m0/s1. The Morgan fingerprint density at radius 1 is 0.841 bits per heavy atom. The number of sulfonamides is 1. The molecular weight excluding hydrogens is 594 g/mol. The summed E-state index contributed by atoms with van der Waals surface area (Å²) in [5, 5.41) is 3.48. The van der Waals surface area contributed by atoms with Crippen LogP contribution < -0.4 is 9.62 Å². The monoisotopic (exact) mass is 631 g/mol.